The summed E-state index contributed by atoms with van der Waals surface area (Å²) in [6.07, 6.45) is 1.03. The molecule has 22 heavy (non-hydrogen) atoms. The largest absolute Gasteiger partial charge is 0.325 e. The zero-order chi connectivity index (χ0) is 15.1. The van der Waals surface area contributed by atoms with Crippen LogP contribution in [0.5, 0.6) is 0 Å². The normalized spacial score (nSPS) is 16.0. The number of halogens is 3. The Morgan fingerprint density at radius 1 is 1.27 bits per heavy atom. The van der Waals surface area contributed by atoms with E-state index in [9.17, 15) is 13.6 Å². The molecule has 1 aliphatic heterocycles. The van der Waals surface area contributed by atoms with Gasteiger partial charge in [-0.1, -0.05) is 11.8 Å². The molecular formula is C14H20ClF2N3OS. The van der Waals surface area contributed by atoms with E-state index in [-0.39, 0.29) is 18.3 Å². The quantitative estimate of drug-likeness (QED) is 0.800. The second kappa shape index (κ2) is 9.99. The van der Waals surface area contributed by atoms with Crippen molar-refractivity contribution in [1.29, 1.82) is 0 Å². The van der Waals surface area contributed by atoms with Crippen molar-refractivity contribution in [3.63, 3.8) is 0 Å². The fraction of sp³-hybridized carbons (Fsp3) is 0.500. The highest BCUT2D eigenvalue weighted by molar-refractivity contribution is 7.99. The van der Waals surface area contributed by atoms with E-state index in [4.69, 9.17) is 0 Å². The van der Waals surface area contributed by atoms with Gasteiger partial charge in [-0.15, -0.1) is 12.4 Å². The second-order valence-corrected chi connectivity index (χ2v) is 5.89. The predicted molar refractivity (Wildman–Crippen MR) is 88.1 cm³/mol. The number of nitrogens with zero attached hydrogens (tertiary/aromatic N) is 1. The number of anilines is 1. The topological polar surface area (TPSA) is 44.4 Å². The van der Waals surface area contributed by atoms with E-state index in [0.29, 0.717) is 28.9 Å². The second-order valence-electron chi connectivity index (χ2n) is 4.83. The molecule has 1 amide bonds. The molecule has 4 nitrogen and oxygen atoms in total. The minimum Gasteiger partial charge on any atom is -0.325 e. The van der Waals surface area contributed by atoms with E-state index in [2.05, 4.69) is 15.5 Å². The molecule has 1 fully saturated rings. The lowest BCUT2D eigenvalue weighted by Gasteiger charge is -2.18. The van der Waals surface area contributed by atoms with Crippen LogP contribution in [0.1, 0.15) is 6.42 Å². The van der Waals surface area contributed by atoms with Crippen LogP contribution in [0.4, 0.5) is 14.5 Å². The monoisotopic (exact) mass is 351 g/mol. The molecule has 1 heterocycles. The van der Waals surface area contributed by atoms with Crippen LogP contribution >= 0.6 is 24.2 Å². The van der Waals surface area contributed by atoms with E-state index in [1.165, 1.54) is 0 Å². The highest BCUT2D eigenvalue weighted by Crippen LogP contribution is 2.26. The Hall–Kier alpha value is -0.890. The molecule has 0 bridgehead atoms. The average molecular weight is 352 g/mol. The molecule has 0 unspecified atom stereocenters. The Morgan fingerprint density at radius 3 is 2.68 bits per heavy atom. The zero-order valence-electron chi connectivity index (χ0n) is 12.1. The number of carbonyl (C=O) groups is 1. The van der Waals surface area contributed by atoms with Crippen LogP contribution in [0.3, 0.4) is 0 Å². The average Bonchev–Trinajstić information content (AvgIpc) is 2.69. The van der Waals surface area contributed by atoms with Crippen molar-refractivity contribution in [2.75, 3.05) is 38.0 Å². The summed E-state index contributed by atoms with van der Waals surface area (Å²) in [4.78, 5) is 14.6. The number of hydrogen-bond acceptors (Lipinski definition) is 4. The van der Waals surface area contributed by atoms with E-state index in [0.717, 1.165) is 32.6 Å². The fourth-order valence-electron chi connectivity index (χ4n) is 2.18. The van der Waals surface area contributed by atoms with Crippen molar-refractivity contribution in [2.24, 2.45) is 0 Å². The lowest BCUT2D eigenvalue weighted by Crippen LogP contribution is -2.35. The molecular weight excluding hydrogens is 332 g/mol. The predicted octanol–water partition coefficient (Wildman–Crippen LogP) is 2.66. The van der Waals surface area contributed by atoms with Gasteiger partial charge in [-0.05, 0) is 43.8 Å². The summed E-state index contributed by atoms with van der Waals surface area (Å²) < 4.78 is 24.4. The van der Waals surface area contributed by atoms with Gasteiger partial charge in [-0.3, -0.25) is 9.69 Å². The smallest absolute Gasteiger partial charge is 0.288 e. The molecule has 0 atom stereocenters. The van der Waals surface area contributed by atoms with Crippen LogP contribution in [0, 0.1) is 0 Å². The summed E-state index contributed by atoms with van der Waals surface area (Å²) >= 11 is 0.496. The van der Waals surface area contributed by atoms with Gasteiger partial charge < -0.3 is 10.6 Å². The van der Waals surface area contributed by atoms with Gasteiger partial charge in [0.25, 0.3) is 5.76 Å². The number of hydrogen-bond donors (Lipinski definition) is 2. The third kappa shape index (κ3) is 6.91. The standard InChI is InChI=1S/C14H19F2N3OS.ClH/c15-14(16)21-12-4-2-11(3-5-12)18-13(20)10-19-8-1-6-17-7-9-19;/h2-5,14,17H,1,6-10H2,(H,18,20);1H. The lowest BCUT2D eigenvalue weighted by molar-refractivity contribution is -0.117. The van der Waals surface area contributed by atoms with Crippen molar-refractivity contribution in [1.82, 2.24) is 10.2 Å². The SMILES string of the molecule is Cl.O=C(CN1CCCNCC1)Nc1ccc(SC(F)F)cc1. The molecule has 2 N–H and O–H groups in total. The van der Waals surface area contributed by atoms with E-state index >= 15 is 0 Å². The molecule has 8 heteroatoms. The summed E-state index contributed by atoms with van der Waals surface area (Å²) in [7, 11) is 0. The van der Waals surface area contributed by atoms with Crippen LogP contribution in [-0.2, 0) is 4.79 Å². The third-order valence-corrected chi connectivity index (χ3v) is 3.89. The van der Waals surface area contributed by atoms with Gasteiger partial charge >= 0.3 is 0 Å². The number of rotatable bonds is 5. The van der Waals surface area contributed by atoms with Gasteiger partial charge in [0, 0.05) is 23.7 Å². The van der Waals surface area contributed by atoms with Crippen molar-refractivity contribution >= 4 is 35.8 Å². The Balaban J connectivity index is 0.00000242. The van der Waals surface area contributed by atoms with E-state index < -0.39 is 5.76 Å². The van der Waals surface area contributed by atoms with Gasteiger partial charge in [0.1, 0.15) is 0 Å². The Labute approximate surface area is 139 Å². The first-order chi connectivity index (χ1) is 10.1. The molecule has 0 radical (unpaired) electrons. The van der Waals surface area contributed by atoms with Gasteiger partial charge in [-0.2, -0.15) is 8.78 Å². The van der Waals surface area contributed by atoms with Gasteiger partial charge in [0.15, 0.2) is 0 Å². The van der Waals surface area contributed by atoms with Crippen LogP contribution in [0.25, 0.3) is 0 Å². The molecule has 0 aliphatic carbocycles. The van der Waals surface area contributed by atoms with Crippen molar-refractivity contribution in [2.45, 2.75) is 17.1 Å². The van der Waals surface area contributed by atoms with Gasteiger partial charge in [0.2, 0.25) is 5.91 Å². The highest BCUT2D eigenvalue weighted by atomic mass is 35.5. The number of thioether (sulfide) groups is 1. The summed E-state index contributed by atoms with van der Waals surface area (Å²) in [6.45, 7) is 4.01. The maximum absolute atomic E-state index is 12.2. The Morgan fingerprint density at radius 2 is 2.00 bits per heavy atom. The van der Waals surface area contributed by atoms with Gasteiger partial charge in [0.05, 0.1) is 6.54 Å². The van der Waals surface area contributed by atoms with Crippen molar-refractivity contribution in [3.8, 4) is 0 Å². The minimum absolute atomic E-state index is 0. The Kier molecular flexibility index (Phi) is 8.70. The lowest BCUT2D eigenvalue weighted by atomic mass is 10.3. The first kappa shape index (κ1) is 19.2. The molecule has 0 aromatic heterocycles. The first-order valence-corrected chi connectivity index (χ1v) is 7.79. The minimum atomic E-state index is -2.43. The first-order valence-electron chi connectivity index (χ1n) is 6.91. The maximum atomic E-state index is 12.2. The number of nitrogens with one attached hydrogen (secondary N) is 2. The van der Waals surface area contributed by atoms with Crippen LogP contribution in [0.15, 0.2) is 29.2 Å². The Bertz CT molecular complexity index is 454. The van der Waals surface area contributed by atoms with Crippen LogP contribution < -0.4 is 10.6 Å². The maximum Gasteiger partial charge on any atom is 0.288 e. The fourth-order valence-corrected chi connectivity index (χ4v) is 2.68. The molecule has 124 valence electrons. The molecule has 0 spiro atoms. The van der Waals surface area contributed by atoms with Crippen molar-refractivity contribution < 1.29 is 13.6 Å². The summed E-state index contributed by atoms with van der Waals surface area (Å²) in [5.74, 6) is -2.51. The van der Waals surface area contributed by atoms with E-state index in [1.807, 2.05) is 0 Å². The van der Waals surface area contributed by atoms with Crippen LogP contribution in [0.2, 0.25) is 0 Å². The summed E-state index contributed by atoms with van der Waals surface area (Å²) in [6, 6.07) is 6.46. The third-order valence-electron chi connectivity index (χ3n) is 3.16. The number of alkyl halides is 2. The number of benzene rings is 1. The molecule has 2 rings (SSSR count). The highest BCUT2D eigenvalue weighted by Gasteiger charge is 2.13. The van der Waals surface area contributed by atoms with Crippen molar-refractivity contribution in [3.05, 3.63) is 24.3 Å². The number of carbonyl (C=O) groups excluding carboxylic acids is 1. The zero-order valence-corrected chi connectivity index (χ0v) is 13.7. The molecule has 1 aromatic carbocycles. The molecule has 1 aliphatic rings. The van der Waals surface area contributed by atoms with E-state index in [1.54, 1.807) is 24.3 Å². The molecule has 1 saturated heterocycles. The van der Waals surface area contributed by atoms with Gasteiger partial charge in [-0.25, -0.2) is 0 Å². The summed E-state index contributed by atoms with van der Waals surface area (Å²) in [5.41, 5.74) is 0.631. The summed E-state index contributed by atoms with van der Waals surface area (Å²) in [5, 5.41) is 6.08. The van der Waals surface area contributed by atoms with Crippen LogP contribution in [-0.4, -0.2) is 49.3 Å². The molecule has 1 aromatic rings. The number of amides is 1. The molecule has 0 saturated carbocycles.